The second-order valence-corrected chi connectivity index (χ2v) is 7.92. The quantitative estimate of drug-likeness (QED) is 0.388. The van der Waals surface area contributed by atoms with Gasteiger partial charge in [-0.3, -0.25) is 4.79 Å². The zero-order valence-electron chi connectivity index (χ0n) is 19.7. The summed E-state index contributed by atoms with van der Waals surface area (Å²) in [5.74, 6) is 0.284. The molecule has 0 aliphatic carbocycles. The minimum Gasteiger partial charge on any atom is -0.489 e. The van der Waals surface area contributed by atoms with Crippen LogP contribution in [0.25, 0.3) is 5.95 Å². The van der Waals surface area contributed by atoms with E-state index in [-0.39, 0.29) is 6.61 Å². The van der Waals surface area contributed by atoms with E-state index in [1.807, 2.05) is 56.3 Å². The van der Waals surface area contributed by atoms with Crippen LogP contribution in [0.5, 0.6) is 5.75 Å². The van der Waals surface area contributed by atoms with Crippen LogP contribution in [0.15, 0.2) is 66.7 Å². The van der Waals surface area contributed by atoms with Crippen molar-refractivity contribution in [3.63, 3.8) is 0 Å². The molecule has 4 rings (SSSR count). The fourth-order valence-corrected chi connectivity index (χ4v) is 3.45. The molecular formula is C26H25N5O4. The molecule has 0 saturated carbocycles. The number of esters is 1. The van der Waals surface area contributed by atoms with Crippen LogP contribution in [-0.2, 0) is 16.1 Å². The Hall–Kier alpha value is -4.53. The molecule has 0 atom stereocenters. The van der Waals surface area contributed by atoms with Gasteiger partial charge in [0.2, 0.25) is 0 Å². The van der Waals surface area contributed by atoms with Gasteiger partial charge in [0, 0.05) is 23.0 Å². The SMILES string of the molecule is Cc1cc(C)nc(-n2nc(C)cc2NC(=O)COC(=O)c2ccccc2COc2ccccc2)n1. The van der Waals surface area contributed by atoms with Crippen LogP contribution in [0.3, 0.4) is 0 Å². The molecule has 0 aliphatic heterocycles. The molecule has 4 aromatic rings. The van der Waals surface area contributed by atoms with E-state index in [4.69, 9.17) is 9.47 Å². The van der Waals surface area contributed by atoms with Crippen molar-refractivity contribution < 1.29 is 19.1 Å². The van der Waals surface area contributed by atoms with E-state index in [1.165, 1.54) is 4.68 Å². The number of nitrogens with zero attached hydrogens (tertiary/aromatic N) is 4. The van der Waals surface area contributed by atoms with Gasteiger partial charge in [0.25, 0.3) is 11.9 Å². The standard InChI is InChI=1S/C26H25N5O4/c1-17-13-18(2)28-26(27-17)31-23(14-19(3)30-31)29-24(32)16-35-25(33)22-12-8-7-9-20(22)15-34-21-10-5-4-6-11-21/h4-14H,15-16H2,1-3H3,(H,29,32). The number of nitrogens with one attached hydrogen (secondary N) is 1. The molecule has 0 radical (unpaired) electrons. The maximum Gasteiger partial charge on any atom is 0.339 e. The first-order valence-electron chi connectivity index (χ1n) is 11.0. The number of para-hydroxylation sites is 1. The molecule has 9 nitrogen and oxygen atoms in total. The van der Waals surface area contributed by atoms with Crippen LogP contribution in [0.4, 0.5) is 5.82 Å². The molecule has 0 unspecified atom stereocenters. The summed E-state index contributed by atoms with van der Waals surface area (Å²) in [5, 5.41) is 7.09. The second-order valence-electron chi connectivity index (χ2n) is 7.92. The van der Waals surface area contributed by atoms with Crippen LogP contribution in [0.1, 0.15) is 33.0 Å². The number of hydrogen-bond donors (Lipinski definition) is 1. The first-order chi connectivity index (χ1) is 16.9. The molecule has 2 aromatic heterocycles. The summed E-state index contributed by atoms with van der Waals surface area (Å²) in [5.41, 5.74) is 3.22. The molecule has 0 fully saturated rings. The van der Waals surface area contributed by atoms with Gasteiger partial charge in [0.05, 0.1) is 11.3 Å². The third-order valence-electron chi connectivity index (χ3n) is 4.97. The number of benzene rings is 2. The number of hydrogen-bond acceptors (Lipinski definition) is 7. The van der Waals surface area contributed by atoms with Crippen LogP contribution < -0.4 is 10.1 Å². The zero-order chi connectivity index (χ0) is 24.8. The molecule has 0 spiro atoms. The van der Waals surface area contributed by atoms with Crippen LogP contribution in [-0.4, -0.2) is 38.2 Å². The van der Waals surface area contributed by atoms with Gasteiger partial charge in [-0.25, -0.2) is 14.8 Å². The fourth-order valence-electron chi connectivity index (χ4n) is 3.45. The van der Waals surface area contributed by atoms with Crippen molar-refractivity contribution in [2.75, 3.05) is 11.9 Å². The smallest absolute Gasteiger partial charge is 0.339 e. The lowest BCUT2D eigenvalue weighted by molar-refractivity contribution is -0.119. The molecule has 1 amide bonds. The third kappa shape index (κ3) is 6.08. The van der Waals surface area contributed by atoms with Crippen LogP contribution >= 0.6 is 0 Å². The summed E-state index contributed by atoms with van der Waals surface area (Å²) < 4.78 is 12.5. The largest absolute Gasteiger partial charge is 0.489 e. The van der Waals surface area contributed by atoms with Gasteiger partial charge < -0.3 is 14.8 Å². The summed E-state index contributed by atoms with van der Waals surface area (Å²) >= 11 is 0. The normalized spacial score (nSPS) is 10.6. The van der Waals surface area contributed by atoms with E-state index >= 15 is 0 Å². The molecule has 35 heavy (non-hydrogen) atoms. The molecule has 0 saturated heterocycles. The molecule has 2 heterocycles. The monoisotopic (exact) mass is 471 g/mol. The third-order valence-corrected chi connectivity index (χ3v) is 4.97. The summed E-state index contributed by atoms with van der Waals surface area (Å²) in [6.45, 7) is 5.23. The highest BCUT2D eigenvalue weighted by Crippen LogP contribution is 2.17. The lowest BCUT2D eigenvalue weighted by Crippen LogP contribution is -2.23. The Morgan fingerprint density at radius 1 is 0.886 bits per heavy atom. The molecule has 178 valence electrons. The second kappa shape index (κ2) is 10.6. The number of aryl methyl sites for hydroxylation is 3. The first kappa shape index (κ1) is 23.6. The zero-order valence-corrected chi connectivity index (χ0v) is 19.7. The lowest BCUT2D eigenvalue weighted by Gasteiger charge is -2.12. The van der Waals surface area contributed by atoms with Crippen molar-refractivity contribution in [3.05, 3.63) is 94.9 Å². The van der Waals surface area contributed by atoms with Crippen molar-refractivity contribution >= 4 is 17.7 Å². The fraction of sp³-hybridized carbons (Fsp3) is 0.192. The van der Waals surface area contributed by atoms with E-state index in [2.05, 4.69) is 20.4 Å². The Bertz CT molecular complexity index is 1330. The van der Waals surface area contributed by atoms with E-state index in [0.717, 1.165) is 11.4 Å². The Labute approximate surface area is 202 Å². The highest BCUT2D eigenvalue weighted by molar-refractivity contribution is 5.95. The van der Waals surface area contributed by atoms with Crippen molar-refractivity contribution in [3.8, 4) is 11.7 Å². The molecule has 0 aliphatic rings. The maximum absolute atomic E-state index is 12.7. The number of ether oxygens (including phenoxy) is 2. The van der Waals surface area contributed by atoms with Gasteiger partial charge in [-0.05, 0) is 45.0 Å². The molecule has 0 bridgehead atoms. The average molecular weight is 472 g/mol. The highest BCUT2D eigenvalue weighted by atomic mass is 16.5. The Balaban J connectivity index is 1.40. The maximum atomic E-state index is 12.7. The minimum absolute atomic E-state index is 0.190. The van der Waals surface area contributed by atoms with E-state index in [9.17, 15) is 9.59 Å². The van der Waals surface area contributed by atoms with Gasteiger partial charge in [0.15, 0.2) is 6.61 Å². The van der Waals surface area contributed by atoms with E-state index < -0.39 is 18.5 Å². The number of rotatable bonds is 8. The first-order valence-corrected chi connectivity index (χ1v) is 11.0. The topological polar surface area (TPSA) is 108 Å². The summed E-state index contributed by atoms with van der Waals surface area (Å²) in [7, 11) is 0. The van der Waals surface area contributed by atoms with Gasteiger partial charge in [-0.15, -0.1) is 0 Å². The van der Waals surface area contributed by atoms with Crippen LogP contribution in [0, 0.1) is 20.8 Å². The van der Waals surface area contributed by atoms with Crippen LogP contribution in [0.2, 0.25) is 0 Å². The predicted molar refractivity (Wildman–Crippen MR) is 129 cm³/mol. The average Bonchev–Trinajstić information content (AvgIpc) is 3.21. The lowest BCUT2D eigenvalue weighted by atomic mass is 10.1. The van der Waals surface area contributed by atoms with E-state index in [0.29, 0.717) is 34.3 Å². The minimum atomic E-state index is -0.616. The number of anilines is 1. The summed E-state index contributed by atoms with van der Waals surface area (Å²) in [4.78, 5) is 34.1. The molecular weight excluding hydrogens is 446 g/mol. The van der Waals surface area contributed by atoms with Crippen molar-refractivity contribution in [1.82, 2.24) is 19.7 Å². The number of amides is 1. The van der Waals surface area contributed by atoms with Crippen molar-refractivity contribution in [2.45, 2.75) is 27.4 Å². The summed E-state index contributed by atoms with van der Waals surface area (Å²) in [6.07, 6.45) is 0. The Kier molecular flexibility index (Phi) is 7.15. The summed E-state index contributed by atoms with van der Waals surface area (Å²) in [6, 6.07) is 19.8. The number of carbonyl (C=O) groups is 2. The molecule has 1 N–H and O–H groups in total. The van der Waals surface area contributed by atoms with Crippen molar-refractivity contribution in [2.24, 2.45) is 0 Å². The molecule has 2 aromatic carbocycles. The highest BCUT2D eigenvalue weighted by Gasteiger charge is 2.17. The molecule has 9 heteroatoms. The van der Waals surface area contributed by atoms with Gasteiger partial charge in [0.1, 0.15) is 18.2 Å². The van der Waals surface area contributed by atoms with Gasteiger partial charge >= 0.3 is 5.97 Å². The predicted octanol–water partition coefficient (Wildman–Crippen LogP) is 3.96. The Morgan fingerprint density at radius 3 is 2.31 bits per heavy atom. The Morgan fingerprint density at radius 2 is 1.57 bits per heavy atom. The number of carbonyl (C=O) groups excluding carboxylic acids is 2. The van der Waals surface area contributed by atoms with Gasteiger partial charge in [-0.1, -0.05) is 36.4 Å². The van der Waals surface area contributed by atoms with Gasteiger partial charge in [-0.2, -0.15) is 9.78 Å². The van der Waals surface area contributed by atoms with E-state index in [1.54, 1.807) is 31.2 Å². The number of aromatic nitrogens is 4. The van der Waals surface area contributed by atoms with Crippen molar-refractivity contribution in [1.29, 1.82) is 0 Å².